The second-order valence-electron chi connectivity index (χ2n) is 2.83. The van der Waals surface area contributed by atoms with Crippen LogP contribution in [0.3, 0.4) is 0 Å². The monoisotopic (exact) mass is 198 g/mol. The SMILES string of the molecule is NC(=O)C[C@H](N)c1ccc(Cl)cc1. The number of primary amides is 1. The Morgan fingerprint density at radius 1 is 1.38 bits per heavy atom. The summed E-state index contributed by atoms with van der Waals surface area (Å²) in [4.78, 5) is 10.6. The number of carbonyl (C=O) groups is 1. The van der Waals surface area contributed by atoms with Crippen molar-refractivity contribution < 1.29 is 4.79 Å². The quantitative estimate of drug-likeness (QED) is 0.767. The van der Waals surface area contributed by atoms with Crippen molar-refractivity contribution in [3.8, 4) is 0 Å². The lowest BCUT2D eigenvalue weighted by Gasteiger charge is -2.09. The average molecular weight is 199 g/mol. The maximum Gasteiger partial charge on any atom is 0.219 e. The van der Waals surface area contributed by atoms with Crippen molar-refractivity contribution in [2.24, 2.45) is 11.5 Å². The fourth-order valence-electron chi connectivity index (χ4n) is 1.04. The third-order valence-corrected chi connectivity index (χ3v) is 1.97. The molecule has 0 bridgehead atoms. The summed E-state index contributed by atoms with van der Waals surface area (Å²) in [6, 6.07) is 6.70. The van der Waals surface area contributed by atoms with Gasteiger partial charge in [0.2, 0.25) is 5.91 Å². The number of amides is 1. The molecule has 0 aliphatic carbocycles. The minimum absolute atomic E-state index is 0.154. The van der Waals surface area contributed by atoms with Crippen molar-refractivity contribution in [2.75, 3.05) is 0 Å². The standard InChI is InChI=1S/C9H11ClN2O/c10-7-3-1-6(2-4-7)8(11)5-9(12)13/h1-4,8H,5,11H2,(H2,12,13)/t8-/m0/s1. The molecule has 13 heavy (non-hydrogen) atoms. The smallest absolute Gasteiger partial charge is 0.219 e. The van der Waals surface area contributed by atoms with Gasteiger partial charge in [-0.1, -0.05) is 23.7 Å². The van der Waals surface area contributed by atoms with Gasteiger partial charge in [0.25, 0.3) is 0 Å². The van der Waals surface area contributed by atoms with Gasteiger partial charge in [0.05, 0.1) is 0 Å². The van der Waals surface area contributed by atoms with E-state index in [1.165, 1.54) is 0 Å². The molecule has 1 aromatic rings. The van der Waals surface area contributed by atoms with E-state index in [4.69, 9.17) is 23.1 Å². The molecule has 1 amide bonds. The fraction of sp³-hybridized carbons (Fsp3) is 0.222. The Morgan fingerprint density at radius 3 is 2.38 bits per heavy atom. The Labute approximate surface area is 81.7 Å². The van der Waals surface area contributed by atoms with Crippen LogP contribution < -0.4 is 11.5 Å². The molecular weight excluding hydrogens is 188 g/mol. The number of nitrogens with two attached hydrogens (primary N) is 2. The number of benzene rings is 1. The third kappa shape index (κ3) is 3.05. The molecule has 1 atom stereocenters. The van der Waals surface area contributed by atoms with E-state index in [2.05, 4.69) is 0 Å². The van der Waals surface area contributed by atoms with Crippen LogP contribution in [0, 0.1) is 0 Å². The predicted molar refractivity (Wildman–Crippen MR) is 52.2 cm³/mol. The summed E-state index contributed by atoms with van der Waals surface area (Å²) in [6.45, 7) is 0. The summed E-state index contributed by atoms with van der Waals surface area (Å²) in [5.74, 6) is -0.401. The number of halogens is 1. The number of carbonyl (C=O) groups excluding carboxylic acids is 1. The lowest BCUT2D eigenvalue weighted by molar-refractivity contribution is -0.118. The van der Waals surface area contributed by atoms with E-state index in [-0.39, 0.29) is 12.5 Å². The highest BCUT2D eigenvalue weighted by Crippen LogP contribution is 2.16. The second-order valence-corrected chi connectivity index (χ2v) is 3.26. The molecular formula is C9H11ClN2O. The van der Waals surface area contributed by atoms with Crippen LogP contribution in [-0.2, 0) is 4.79 Å². The van der Waals surface area contributed by atoms with E-state index in [0.29, 0.717) is 5.02 Å². The number of hydrogen-bond donors (Lipinski definition) is 2. The van der Waals surface area contributed by atoms with Crippen molar-refractivity contribution in [1.29, 1.82) is 0 Å². The zero-order valence-electron chi connectivity index (χ0n) is 7.03. The Hall–Kier alpha value is -1.06. The van der Waals surface area contributed by atoms with Crippen LogP contribution in [0.1, 0.15) is 18.0 Å². The number of hydrogen-bond acceptors (Lipinski definition) is 2. The van der Waals surface area contributed by atoms with Gasteiger partial charge in [-0.3, -0.25) is 4.79 Å². The Balaban J connectivity index is 2.71. The Kier molecular flexibility index (Phi) is 3.28. The van der Waals surface area contributed by atoms with Gasteiger partial charge in [-0.15, -0.1) is 0 Å². The highest BCUT2D eigenvalue weighted by molar-refractivity contribution is 6.30. The van der Waals surface area contributed by atoms with E-state index in [9.17, 15) is 4.79 Å². The first-order valence-corrected chi connectivity index (χ1v) is 4.26. The molecule has 4 N–H and O–H groups in total. The molecule has 0 saturated carbocycles. The molecule has 0 aliphatic rings. The molecule has 0 radical (unpaired) electrons. The van der Waals surface area contributed by atoms with Gasteiger partial charge < -0.3 is 11.5 Å². The van der Waals surface area contributed by atoms with Gasteiger partial charge in [0, 0.05) is 17.5 Å². The molecule has 70 valence electrons. The summed E-state index contributed by atoms with van der Waals surface area (Å²) >= 11 is 5.69. The van der Waals surface area contributed by atoms with Gasteiger partial charge in [0.1, 0.15) is 0 Å². The first-order valence-electron chi connectivity index (χ1n) is 3.89. The molecule has 0 unspecified atom stereocenters. The van der Waals surface area contributed by atoms with Crippen LogP contribution in [-0.4, -0.2) is 5.91 Å². The zero-order chi connectivity index (χ0) is 9.84. The molecule has 1 rings (SSSR count). The van der Waals surface area contributed by atoms with Crippen LogP contribution >= 0.6 is 11.6 Å². The van der Waals surface area contributed by atoms with Crippen LogP contribution in [0.5, 0.6) is 0 Å². The van der Waals surface area contributed by atoms with Gasteiger partial charge in [0.15, 0.2) is 0 Å². The van der Waals surface area contributed by atoms with E-state index in [1.54, 1.807) is 24.3 Å². The number of rotatable bonds is 3. The van der Waals surface area contributed by atoms with Crippen LogP contribution in [0.2, 0.25) is 5.02 Å². The van der Waals surface area contributed by atoms with Crippen molar-refractivity contribution in [3.63, 3.8) is 0 Å². The maximum absolute atomic E-state index is 10.6. The van der Waals surface area contributed by atoms with Gasteiger partial charge in [-0.05, 0) is 17.7 Å². The lowest BCUT2D eigenvalue weighted by Crippen LogP contribution is -2.20. The minimum atomic E-state index is -0.401. The van der Waals surface area contributed by atoms with E-state index < -0.39 is 5.91 Å². The summed E-state index contributed by atoms with van der Waals surface area (Å²) in [5.41, 5.74) is 11.6. The molecule has 3 nitrogen and oxygen atoms in total. The highest BCUT2D eigenvalue weighted by atomic mass is 35.5. The Bertz CT molecular complexity index is 297. The van der Waals surface area contributed by atoms with Crippen molar-refractivity contribution >= 4 is 17.5 Å². The highest BCUT2D eigenvalue weighted by Gasteiger charge is 2.08. The first-order chi connectivity index (χ1) is 6.09. The summed E-state index contributed by atoms with van der Waals surface area (Å²) in [6.07, 6.45) is 0.154. The lowest BCUT2D eigenvalue weighted by atomic mass is 10.1. The molecule has 0 spiro atoms. The van der Waals surface area contributed by atoms with E-state index in [0.717, 1.165) is 5.56 Å². The summed E-state index contributed by atoms with van der Waals surface area (Å²) in [5, 5.41) is 0.648. The normalized spacial score (nSPS) is 12.5. The van der Waals surface area contributed by atoms with Crippen molar-refractivity contribution in [3.05, 3.63) is 34.9 Å². The topological polar surface area (TPSA) is 69.1 Å². The predicted octanol–water partition coefficient (Wildman–Crippen LogP) is 1.22. The molecule has 1 aromatic carbocycles. The third-order valence-electron chi connectivity index (χ3n) is 1.72. The van der Waals surface area contributed by atoms with E-state index in [1.807, 2.05) is 0 Å². The van der Waals surface area contributed by atoms with Gasteiger partial charge >= 0.3 is 0 Å². The van der Waals surface area contributed by atoms with Gasteiger partial charge in [-0.2, -0.15) is 0 Å². The molecule has 0 heterocycles. The summed E-state index contributed by atoms with van der Waals surface area (Å²) < 4.78 is 0. The summed E-state index contributed by atoms with van der Waals surface area (Å²) in [7, 11) is 0. The van der Waals surface area contributed by atoms with Crippen LogP contribution in [0.25, 0.3) is 0 Å². The van der Waals surface area contributed by atoms with Crippen molar-refractivity contribution in [1.82, 2.24) is 0 Å². The van der Waals surface area contributed by atoms with Crippen LogP contribution in [0.4, 0.5) is 0 Å². The maximum atomic E-state index is 10.6. The molecule has 0 aromatic heterocycles. The molecule has 0 aliphatic heterocycles. The van der Waals surface area contributed by atoms with E-state index >= 15 is 0 Å². The first kappa shape index (κ1) is 10.0. The van der Waals surface area contributed by atoms with Crippen LogP contribution in [0.15, 0.2) is 24.3 Å². The fourth-order valence-corrected chi connectivity index (χ4v) is 1.17. The molecule has 4 heteroatoms. The Morgan fingerprint density at radius 2 is 1.92 bits per heavy atom. The van der Waals surface area contributed by atoms with Crippen molar-refractivity contribution in [2.45, 2.75) is 12.5 Å². The minimum Gasteiger partial charge on any atom is -0.370 e. The average Bonchev–Trinajstić information content (AvgIpc) is 2.04. The molecule has 0 fully saturated rings. The zero-order valence-corrected chi connectivity index (χ0v) is 7.79. The van der Waals surface area contributed by atoms with Gasteiger partial charge in [-0.25, -0.2) is 0 Å². The molecule has 0 saturated heterocycles. The largest absolute Gasteiger partial charge is 0.370 e. The second kappa shape index (κ2) is 4.25.